The average molecular weight is 382 g/mol. The largest absolute Gasteiger partial charge is 0.466 e. The van der Waals surface area contributed by atoms with E-state index >= 15 is 0 Å². The summed E-state index contributed by atoms with van der Waals surface area (Å²) in [7, 11) is 1.15. The third-order valence-electron chi connectivity index (χ3n) is 4.32. The molecule has 2 N–H and O–H groups in total. The van der Waals surface area contributed by atoms with Crippen LogP contribution in [0.5, 0.6) is 0 Å². The van der Waals surface area contributed by atoms with Crippen LogP contribution in [0.25, 0.3) is 0 Å². The van der Waals surface area contributed by atoms with Gasteiger partial charge in [-0.15, -0.1) is 0 Å². The highest BCUT2D eigenvalue weighted by atomic mass is 19.4. The number of amides is 1. The van der Waals surface area contributed by atoms with Crippen molar-refractivity contribution in [2.24, 2.45) is 0 Å². The minimum absolute atomic E-state index is 0.0268. The Kier molecular flexibility index (Phi) is 5.98. The SMILES string of the molecule is CCNC(=O)C1=C(C)NC(C)=C(C(=O)OC)C1c1ccccc1C(F)(F)F. The van der Waals surface area contributed by atoms with Gasteiger partial charge in [0.25, 0.3) is 0 Å². The standard InChI is InChI=1S/C19H21F3N2O3/c1-5-23-17(25)14-10(2)24-11(3)15(18(26)27-4)16(14)12-8-6-7-9-13(12)19(20,21)22/h6-9,16,24H,5H2,1-4H3,(H,23,25). The van der Waals surface area contributed by atoms with E-state index < -0.39 is 29.5 Å². The minimum Gasteiger partial charge on any atom is -0.466 e. The number of hydrogen-bond acceptors (Lipinski definition) is 4. The van der Waals surface area contributed by atoms with Crippen molar-refractivity contribution in [2.75, 3.05) is 13.7 Å². The van der Waals surface area contributed by atoms with Crippen LogP contribution < -0.4 is 10.6 Å². The summed E-state index contributed by atoms with van der Waals surface area (Å²) in [5.41, 5.74) is -0.324. The van der Waals surface area contributed by atoms with Gasteiger partial charge in [-0.2, -0.15) is 13.2 Å². The summed E-state index contributed by atoms with van der Waals surface area (Å²) in [6, 6.07) is 4.93. The van der Waals surface area contributed by atoms with Crippen LogP contribution in [-0.4, -0.2) is 25.5 Å². The number of esters is 1. The summed E-state index contributed by atoms with van der Waals surface area (Å²) in [6.45, 7) is 5.14. The van der Waals surface area contributed by atoms with E-state index in [1.165, 1.54) is 18.2 Å². The number of halogens is 3. The van der Waals surface area contributed by atoms with Crippen molar-refractivity contribution < 1.29 is 27.5 Å². The summed E-state index contributed by atoms with van der Waals surface area (Å²) in [4.78, 5) is 25.1. The average Bonchev–Trinajstić information content (AvgIpc) is 2.59. The molecule has 0 saturated heterocycles. The molecule has 1 atom stereocenters. The molecule has 0 spiro atoms. The van der Waals surface area contributed by atoms with Crippen molar-refractivity contribution in [1.29, 1.82) is 0 Å². The second-order valence-corrected chi connectivity index (χ2v) is 6.07. The van der Waals surface area contributed by atoms with Crippen LogP contribution in [0, 0.1) is 0 Å². The zero-order valence-corrected chi connectivity index (χ0v) is 15.5. The first-order chi connectivity index (χ1) is 12.6. The van der Waals surface area contributed by atoms with Crippen LogP contribution >= 0.6 is 0 Å². The van der Waals surface area contributed by atoms with E-state index in [2.05, 4.69) is 10.6 Å². The van der Waals surface area contributed by atoms with Gasteiger partial charge in [0.2, 0.25) is 5.91 Å². The van der Waals surface area contributed by atoms with Gasteiger partial charge in [0, 0.05) is 23.5 Å². The lowest BCUT2D eigenvalue weighted by molar-refractivity contribution is -0.139. The Morgan fingerprint density at radius 1 is 1.15 bits per heavy atom. The van der Waals surface area contributed by atoms with Crippen LogP contribution in [0.3, 0.4) is 0 Å². The zero-order chi connectivity index (χ0) is 20.4. The van der Waals surface area contributed by atoms with Gasteiger partial charge in [0.15, 0.2) is 0 Å². The zero-order valence-electron chi connectivity index (χ0n) is 15.5. The molecule has 5 nitrogen and oxygen atoms in total. The van der Waals surface area contributed by atoms with Gasteiger partial charge in [-0.05, 0) is 32.4 Å². The highest BCUT2D eigenvalue weighted by molar-refractivity contribution is 6.02. The fourth-order valence-electron chi connectivity index (χ4n) is 3.25. The monoisotopic (exact) mass is 382 g/mol. The van der Waals surface area contributed by atoms with Gasteiger partial charge in [-0.3, -0.25) is 4.79 Å². The molecule has 146 valence electrons. The Bertz CT molecular complexity index is 826. The number of rotatable bonds is 4. The lowest BCUT2D eigenvalue weighted by atomic mass is 9.78. The molecule has 0 saturated carbocycles. The highest BCUT2D eigenvalue weighted by Crippen LogP contribution is 2.44. The predicted molar refractivity (Wildman–Crippen MR) is 93.4 cm³/mol. The Hall–Kier alpha value is -2.77. The van der Waals surface area contributed by atoms with Crippen molar-refractivity contribution in [1.82, 2.24) is 10.6 Å². The first kappa shape index (κ1) is 20.5. The summed E-state index contributed by atoms with van der Waals surface area (Å²) in [5, 5.41) is 5.51. The van der Waals surface area contributed by atoms with Crippen molar-refractivity contribution in [3.05, 3.63) is 57.9 Å². The molecule has 1 aliphatic heterocycles. The maximum atomic E-state index is 13.6. The Balaban J connectivity index is 2.80. The van der Waals surface area contributed by atoms with Gasteiger partial charge in [0.1, 0.15) is 0 Å². The van der Waals surface area contributed by atoms with Gasteiger partial charge in [0.05, 0.1) is 24.2 Å². The van der Waals surface area contributed by atoms with E-state index in [9.17, 15) is 22.8 Å². The maximum absolute atomic E-state index is 13.6. The molecule has 2 rings (SSSR count). The number of alkyl halides is 3. The molecule has 27 heavy (non-hydrogen) atoms. The number of likely N-dealkylation sites (N-methyl/N-ethyl adjacent to an activating group) is 1. The lowest BCUT2D eigenvalue weighted by Gasteiger charge is -2.32. The molecule has 1 aromatic carbocycles. The Morgan fingerprint density at radius 2 is 1.74 bits per heavy atom. The number of hydrogen-bond donors (Lipinski definition) is 2. The number of methoxy groups -OCH3 is 1. The Morgan fingerprint density at radius 3 is 2.30 bits per heavy atom. The second-order valence-electron chi connectivity index (χ2n) is 6.07. The number of nitrogens with one attached hydrogen (secondary N) is 2. The lowest BCUT2D eigenvalue weighted by Crippen LogP contribution is -2.37. The first-order valence-corrected chi connectivity index (χ1v) is 8.34. The van der Waals surface area contributed by atoms with E-state index in [0.717, 1.165) is 13.2 Å². The predicted octanol–water partition coefficient (Wildman–Crippen LogP) is 3.25. The molecule has 0 bridgehead atoms. The second kappa shape index (κ2) is 7.85. The fourth-order valence-corrected chi connectivity index (χ4v) is 3.25. The van der Waals surface area contributed by atoms with Crippen LogP contribution in [0.2, 0.25) is 0 Å². The molecule has 1 amide bonds. The third-order valence-corrected chi connectivity index (χ3v) is 4.32. The van der Waals surface area contributed by atoms with E-state index in [-0.39, 0.29) is 16.7 Å². The summed E-state index contributed by atoms with van der Waals surface area (Å²) < 4.78 is 45.6. The smallest absolute Gasteiger partial charge is 0.416 e. The number of ether oxygens (including phenoxy) is 1. The third kappa shape index (κ3) is 3.99. The quantitative estimate of drug-likeness (QED) is 0.785. The molecule has 1 aromatic rings. The highest BCUT2D eigenvalue weighted by Gasteiger charge is 2.42. The number of benzene rings is 1. The molecule has 1 heterocycles. The van der Waals surface area contributed by atoms with Gasteiger partial charge in [-0.25, -0.2) is 4.79 Å². The molecular formula is C19H21F3N2O3. The molecule has 0 aliphatic carbocycles. The van der Waals surface area contributed by atoms with Crippen molar-refractivity contribution in [3.8, 4) is 0 Å². The van der Waals surface area contributed by atoms with E-state index in [1.807, 2.05) is 0 Å². The number of carbonyl (C=O) groups is 2. The normalized spacial score (nSPS) is 17.5. The van der Waals surface area contributed by atoms with Gasteiger partial charge in [-0.1, -0.05) is 18.2 Å². The first-order valence-electron chi connectivity index (χ1n) is 8.34. The summed E-state index contributed by atoms with van der Waals surface area (Å²) in [6.07, 6.45) is -4.64. The molecule has 1 aliphatic rings. The number of allylic oxidation sites excluding steroid dienone is 2. The topological polar surface area (TPSA) is 67.4 Å². The Labute approximate surface area is 155 Å². The van der Waals surface area contributed by atoms with Crippen molar-refractivity contribution >= 4 is 11.9 Å². The van der Waals surface area contributed by atoms with Crippen LogP contribution in [0.1, 0.15) is 37.8 Å². The fraction of sp³-hybridized carbons (Fsp3) is 0.368. The molecular weight excluding hydrogens is 361 g/mol. The summed E-state index contributed by atoms with van der Waals surface area (Å²) in [5.74, 6) is -2.54. The number of dihydropyridines is 1. The molecule has 8 heteroatoms. The van der Waals surface area contributed by atoms with E-state index in [1.54, 1.807) is 20.8 Å². The van der Waals surface area contributed by atoms with Crippen LogP contribution in [0.4, 0.5) is 13.2 Å². The molecule has 0 fully saturated rings. The molecule has 0 radical (unpaired) electrons. The molecule has 0 aromatic heterocycles. The summed E-state index contributed by atoms with van der Waals surface area (Å²) >= 11 is 0. The maximum Gasteiger partial charge on any atom is 0.416 e. The van der Waals surface area contributed by atoms with Crippen LogP contribution in [0.15, 0.2) is 46.8 Å². The van der Waals surface area contributed by atoms with Crippen LogP contribution in [-0.2, 0) is 20.5 Å². The van der Waals surface area contributed by atoms with Crippen molar-refractivity contribution in [2.45, 2.75) is 32.9 Å². The van der Waals surface area contributed by atoms with Crippen molar-refractivity contribution in [3.63, 3.8) is 0 Å². The van der Waals surface area contributed by atoms with E-state index in [0.29, 0.717) is 17.9 Å². The van der Waals surface area contributed by atoms with Gasteiger partial charge >= 0.3 is 12.1 Å². The molecule has 1 unspecified atom stereocenters. The van der Waals surface area contributed by atoms with E-state index in [4.69, 9.17) is 4.74 Å². The number of carbonyl (C=O) groups excluding carboxylic acids is 2. The van der Waals surface area contributed by atoms with Gasteiger partial charge < -0.3 is 15.4 Å². The minimum atomic E-state index is -4.64.